The van der Waals surface area contributed by atoms with Gasteiger partial charge < -0.3 is 4.74 Å². The average Bonchev–Trinajstić information content (AvgIpc) is 2.67. The molecule has 128 valence electrons. The van der Waals surface area contributed by atoms with Crippen molar-refractivity contribution in [2.24, 2.45) is 11.3 Å². The van der Waals surface area contributed by atoms with Crippen molar-refractivity contribution in [1.82, 2.24) is 9.21 Å². The quantitative estimate of drug-likeness (QED) is 0.717. The number of carbonyl (C=O) groups excluding carboxylic acids is 1. The van der Waals surface area contributed by atoms with Gasteiger partial charge in [0.25, 0.3) is 0 Å². The number of hydrogen-bond acceptors (Lipinski definition) is 5. The summed E-state index contributed by atoms with van der Waals surface area (Å²) in [5, 5.41) is 0. The molecule has 2 rings (SSSR count). The standard InChI is InChI=1S/C15H28N2O4S/c1-5-21-14(18)15-7-6-8-17(22(4,19)20)10-13(15)9-16(11-15)12(2)3/h12-13H,5-11H2,1-4H3/t13-,15+/m1/s1. The maximum Gasteiger partial charge on any atom is 0.313 e. The molecule has 0 spiro atoms. The van der Waals surface area contributed by atoms with Gasteiger partial charge in [-0.05, 0) is 33.6 Å². The van der Waals surface area contributed by atoms with Crippen molar-refractivity contribution < 1.29 is 17.9 Å². The highest BCUT2D eigenvalue weighted by molar-refractivity contribution is 7.88. The van der Waals surface area contributed by atoms with E-state index in [0.29, 0.717) is 45.1 Å². The molecule has 22 heavy (non-hydrogen) atoms. The first kappa shape index (κ1) is 17.7. The third-order valence-corrected chi connectivity index (χ3v) is 6.33. The molecule has 7 heteroatoms. The minimum atomic E-state index is -3.23. The van der Waals surface area contributed by atoms with Gasteiger partial charge in [-0.2, -0.15) is 0 Å². The lowest BCUT2D eigenvalue weighted by molar-refractivity contribution is -0.157. The summed E-state index contributed by atoms with van der Waals surface area (Å²) in [6.07, 6.45) is 2.65. The number of ether oxygens (including phenoxy) is 1. The zero-order chi connectivity index (χ0) is 16.5. The number of hydrogen-bond donors (Lipinski definition) is 0. The van der Waals surface area contributed by atoms with Crippen LogP contribution in [0.5, 0.6) is 0 Å². The van der Waals surface area contributed by atoms with Gasteiger partial charge in [0, 0.05) is 38.1 Å². The van der Waals surface area contributed by atoms with Gasteiger partial charge in [0.15, 0.2) is 0 Å². The highest BCUT2D eigenvalue weighted by Crippen LogP contribution is 2.44. The predicted molar refractivity (Wildman–Crippen MR) is 84.9 cm³/mol. The SMILES string of the molecule is CCOC(=O)[C@]12CCCN(S(C)(=O)=O)C[C@H]1CN(C(C)C)C2. The molecule has 2 aliphatic heterocycles. The number of likely N-dealkylation sites (tertiary alicyclic amines) is 1. The zero-order valence-electron chi connectivity index (χ0n) is 14.0. The number of sulfonamides is 1. The van der Waals surface area contributed by atoms with Gasteiger partial charge >= 0.3 is 5.97 Å². The minimum Gasteiger partial charge on any atom is -0.466 e. The third-order valence-electron chi connectivity index (χ3n) is 5.06. The molecule has 0 amide bonds. The van der Waals surface area contributed by atoms with Crippen LogP contribution in [-0.4, -0.2) is 68.7 Å². The molecule has 2 atom stereocenters. The van der Waals surface area contributed by atoms with Crippen molar-refractivity contribution in [3.63, 3.8) is 0 Å². The lowest BCUT2D eigenvalue weighted by atomic mass is 9.75. The van der Waals surface area contributed by atoms with Crippen molar-refractivity contribution in [3.8, 4) is 0 Å². The van der Waals surface area contributed by atoms with Crippen LogP contribution in [0.1, 0.15) is 33.6 Å². The second-order valence-corrected chi connectivity index (χ2v) is 8.80. The van der Waals surface area contributed by atoms with Crippen LogP contribution >= 0.6 is 0 Å². The molecule has 2 aliphatic rings. The smallest absolute Gasteiger partial charge is 0.313 e. The summed E-state index contributed by atoms with van der Waals surface area (Å²) < 4.78 is 30.8. The van der Waals surface area contributed by atoms with Crippen LogP contribution in [0.3, 0.4) is 0 Å². The molecule has 0 saturated carbocycles. The van der Waals surface area contributed by atoms with Crippen LogP contribution in [0.2, 0.25) is 0 Å². The van der Waals surface area contributed by atoms with Crippen molar-refractivity contribution >= 4 is 16.0 Å². The number of nitrogens with zero attached hydrogens (tertiary/aromatic N) is 2. The molecule has 6 nitrogen and oxygen atoms in total. The molecule has 0 aromatic rings. The average molecular weight is 332 g/mol. The molecule has 0 radical (unpaired) electrons. The first-order chi connectivity index (χ1) is 10.2. The molecule has 0 aliphatic carbocycles. The first-order valence-electron chi connectivity index (χ1n) is 8.07. The molecule has 0 N–H and O–H groups in total. The summed E-state index contributed by atoms with van der Waals surface area (Å²) >= 11 is 0. The van der Waals surface area contributed by atoms with Crippen LogP contribution < -0.4 is 0 Å². The van der Waals surface area contributed by atoms with Crippen LogP contribution in [0.4, 0.5) is 0 Å². The van der Waals surface area contributed by atoms with Gasteiger partial charge in [0.1, 0.15) is 0 Å². The van der Waals surface area contributed by atoms with E-state index in [4.69, 9.17) is 4.74 Å². The summed E-state index contributed by atoms with van der Waals surface area (Å²) in [4.78, 5) is 14.9. The molecule has 2 saturated heterocycles. The fourth-order valence-corrected chi connectivity index (χ4v) is 4.65. The fraction of sp³-hybridized carbons (Fsp3) is 0.933. The molecule has 0 unspecified atom stereocenters. The zero-order valence-corrected chi connectivity index (χ0v) is 14.9. The number of esters is 1. The topological polar surface area (TPSA) is 66.9 Å². The van der Waals surface area contributed by atoms with Crippen molar-refractivity contribution in [1.29, 1.82) is 0 Å². The Bertz CT molecular complexity index is 520. The summed E-state index contributed by atoms with van der Waals surface area (Å²) in [5.74, 6) is -0.148. The summed E-state index contributed by atoms with van der Waals surface area (Å²) in [6.45, 7) is 8.74. The molecular weight excluding hydrogens is 304 g/mol. The Morgan fingerprint density at radius 1 is 1.36 bits per heavy atom. The Morgan fingerprint density at radius 3 is 2.59 bits per heavy atom. The van der Waals surface area contributed by atoms with E-state index in [1.165, 1.54) is 10.6 Å². The molecule has 0 aromatic carbocycles. The van der Waals surface area contributed by atoms with Gasteiger partial charge in [-0.1, -0.05) is 0 Å². The van der Waals surface area contributed by atoms with Gasteiger partial charge in [-0.3, -0.25) is 9.69 Å². The van der Waals surface area contributed by atoms with Crippen LogP contribution in [-0.2, 0) is 19.6 Å². The third kappa shape index (κ3) is 3.31. The number of carbonyl (C=O) groups is 1. The van der Waals surface area contributed by atoms with Crippen LogP contribution in [0.15, 0.2) is 0 Å². The molecule has 0 aromatic heterocycles. The van der Waals surface area contributed by atoms with Gasteiger partial charge in [0.2, 0.25) is 10.0 Å². The van der Waals surface area contributed by atoms with Crippen molar-refractivity contribution in [2.45, 2.75) is 39.7 Å². The van der Waals surface area contributed by atoms with Gasteiger partial charge in [-0.25, -0.2) is 12.7 Å². The van der Waals surface area contributed by atoms with E-state index < -0.39 is 15.4 Å². The maximum atomic E-state index is 12.7. The second kappa shape index (κ2) is 6.45. The highest BCUT2D eigenvalue weighted by Gasteiger charge is 2.55. The lowest BCUT2D eigenvalue weighted by Crippen LogP contribution is -2.43. The number of fused-ring (bicyclic) bond motifs is 1. The Hall–Kier alpha value is -0.660. The monoisotopic (exact) mass is 332 g/mol. The van der Waals surface area contributed by atoms with E-state index in [0.717, 1.165) is 6.54 Å². The maximum absolute atomic E-state index is 12.7. The highest BCUT2D eigenvalue weighted by atomic mass is 32.2. The summed E-state index contributed by atoms with van der Waals surface area (Å²) in [5.41, 5.74) is -0.556. The largest absolute Gasteiger partial charge is 0.466 e. The molecule has 2 fully saturated rings. The number of rotatable bonds is 4. The predicted octanol–water partition coefficient (Wildman–Crippen LogP) is 0.932. The van der Waals surface area contributed by atoms with E-state index in [1.54, 1.807) is 0 Å². The molecule has 0 bridgehead atoms. The van der Waals surface area contributed by atoms with E-state index in [2.05, 4.69) is 18.7 Å². The minimum absolute atomic E-state index is 0.00572. The first-order valence-corrected chi connectivity index (χ1v) is 9.92. The van der Waals surface area contributed by atoms with E-state index in [9.17, 15) is 13.2 Å². The lowest BCUT2D eigenvalue weighted by Gasteiger charge is -2.31. The van der Waals surface area contributed by atoms with Crippen molar-refractivity contribution in [3.05, 3.63) is 0 Å². The summed E-state index contributed by atoms with van der Waals surface area (Å²) in [7, 11) is -3.23. The van der Waals surface area contributed by atoms with Gasteiger partial charge in [-0.15, -0.1) is 0 Å². The van der Waals surface area contributed by atoms with Crippen LogP contribution in [0, 0.1) is 11.3 Å². The van der Waals surface area contributed by atoms with Gasteiger partial charge in [0.05, 0.1) is 18.3 Å². The Labute approximate surface area is 133 Å². The van der Waals surface area contributed by atoms with E-state index >= 15 is 0 Å². The van der Waals surface area contributed by atoms with E-state index in [1.807, 2.05) is 6.92 Å². The Kier molecular flexibility index (Phi) is 5.19. The summed E-state index contributed by atoms with van der Waals surface area (Å²) in [6, 6.07) is 0.338. The molecular formula is C15H28N2O4S. The van der Waals surface area contributed by atoms with Crippen molar-refractivity contribution in [2.75, 3.05) is 39.0 Å². The Morgan fingerprint density at radius 2 is 2.05 bits per heavy atom. The van der Waals surface area contributed by atoms with Crippen LogP contribution in [0.25, 0.3) is 0 Å². The molecule has 2 heterocycles. The normalized spacial score (nSPS) is 31.0. The fourth-order valence-electron chi connectivity index (χ4n) is 3.74. The van der Waals surface area contributed by atoms with E-state index in [-0.39, 0.29) is 11.9 Å². The Balaban J connectivity index is 2.32. The second-order valence-electron chi connectivity index (χ2n) is 6.82.